The average Bonchev–Trinajstić information content (AvgIpc) is 2.31. The molecule has 0 bridgehead atoms. The first-order chi connectivity index (χ1) is 7.72. The number of benzene rings is 1. The summed E-state index contributed by atoms with van der Waals surface area (Å²) in [5.74, 6) is 0. The molecule has 0 spiro atoms. The quantitative estimate of drug-likeness (QED) is 0.918. The number of nitrogens with zero attached hydrogens (tertiary/aromatic N) is 2. The Labute approximate surface area is 103 Å². The minimum atomic E-state index is 0.442. The highest BCUT2D eigenvalue weighted by molar-refractivity contribution is 9.10. The van der Waals surface area contributed by atoms with Crippen LogP contribution in [0.3, 0.4) is 0 Å². The van der Waals surface area contributed by atoms with Gasteiger partial charge in [0.1, 0.15) is 6.33 Å². The number of halogens is 1. The lowest BCUT2D eigenvalue weighted by atomic mass is 10.1. The van der Waals surface area contributed by atoms with Gasteiger partial charge in [0.05, 0.1) is 11.4 Å². The molecule has 3 nitrogen and oxygen atoms in total. The highest BCUT2D eigenvalue weighted by atomic mass is 79.9. The molecule has 0 saturated heterocycles. The average molecular weight is 278 g/mol. The van der Waals surface area contributed by atoms with Crippen LogP contribution in [-0.4, -0.2) is 9.97 Å². The summed E-state index contributed by atoms with van der Waals surface area (Å²) in [6.45, 7) is 2.44. The monoisotopic (exact) mass is 277 g/mol. The highest BCUT2D eigenvalue weighted by Crippen LogP contribution is 2.23. The standard InChI is InChI=1S/C12H12BrN3/c1-8-11(6-14)15-7-16-12(8)9-2-4-10(13)5-3-9/h2-5,7H,6,14H2,1H3. The zero-order valence-electron chi connectivity index (χ0n) is 8.94. The van der Waals surface area contributed by atoms with E-state index in [2.05, 4.69) is 25.9 Å². The van der Waals surface area contributed by atoms with Gasteiger partial charge >= 0.3 is 0 Å². The fourth-order valence-electron chi connectivity index (χ4n) is 1.59. The van der Waals surface area contributed by atoms with Crippen molar-refractivity contribution < 1.29 is 0 Å². The number of aromatic nitrogens is 2. The molecule has 0 amide bonds. The maximum Gasteiger partial charge on any atom is 0.116 e. The molecule has 0 aliphatic rings. The summed E-state index contributed by atoms with van der Waals surface area (Å²) in [5.41, 5.74) is 9.60. The van der Waals surface area contributed by atoms with Gasteiger partial charge in [-0.2, -0.15) is 0 Å². The topological polar surface area (TPSA) is 51.8 Å². The predicted octanol–water partition coefficient (Wildman–Crippen LogP) is 2.67. The molecule has 0 atom stereocenters. The van der Waals surface area contributed by atoms with Gasteiger partial charge in [0.2, 0.25) is 0 Å². The van der Waals surface area contributed by atoms with E-state index in [1.165, 1.54) is 0 Å². The van der Waals surface area contributed by atoms with E-state index >= 15 is 0 Å². The molecule has 82 valence electrons. The maximum atomic E-state index is 5.62. The van der Waals surface area contributed by atoms with E-state index in [0.717, 1.165) is 27.0 Å². The molecular formula is C12H12BrN3. The zero-order valence-corrected chi connectivity index (χ0v) is 10.5. The summed E-state index contributed by atoms with van der Waals surface area (Å²) < 4.78 is 1.06. The van der Waals surface area contributed by atoms with Crippen molar-refractivity contribution in [2.75, 3.05) is 0 Å². The second-order valence-corrected chi connectivity index (χ2v) is 4.42. The minimum absolute atomic E-state index is 0.442. The van der Waals surface area contributed by atoms with Crippen LogP contribution in [0, 0.1) is 6.92 Å². The molecule has 1 aromatic carbocycles. The molecule has 1 aromatic heterocycles. The van der Waals surface area contributed by atoms with Gasteiger partial charge < -0.3 is 5.73 Å². The molecule has 1 heterocycles. The third-order valence-corrected chi connectivity index (χ3v) is 3.03. The van der Waals surface area contributed by atoms with Crippen LogP contribution >= 0.6 is 15.9 Å². The van der Waals surface area contributed by atoms with Crippen LogP contribution in [0.15, 0.2) is 35.1 Å². The molecule has 0 radical (unpaired) electrons. The Balaban J connectivity index is 2.51. The molecule has 2 N–H and O–H groups in total. The van der Waals surface area contributed by atoms with E-state index in [1.807, 2.05) is 31.2 Å². The Bertz CT molecular complexity index is 494. The molecular weight excluding hydrogens is 266 g/mol. The molecule has 0 fully saturated rings. The van der Waals surface area contributed by atoms with Gasteiger partial charge in [0.25, 0.3) is 0 Å². The van der Waals surface area contributed by atoms with Crippen molar-refractivity contribution in [3.05, 3.63) is 46.3 Å². The molecule has 16 heavy (non-hydrogen) atoms. The van der Waals surface area contributed by atoms with Crippen molar-refractivity contribution in [2.45, 2.75) is 13.5 Å². The molecule has 2 aromatic rings. The molecule has 0 aliphatic heterocycles. The van der Waals surface area contributed by atoms with E-state index in [0.29, 0.717) is 6.54 Å². The van der Waals surface area contributed by atoms with Crippen molar-refractivity contribution in [2.24, 2.45) is 5.73 Å². The summed E-state index contributed by atoms with van der Waals surface area (Å²) in [6.07, 6.45) is 1.56. The summed E-state index contributed by atoms with van der Waals surface area (Å²) in [7, 11) is 0. The Morgan fingerprint density at radius 3 is 2.50 bits per heavy atom. The predicted molar refractivity (Wildman–Crippen MR) is 67.8 cm³/mol. The minimum Gasteiger partial charge on any atom is -0.325 e. The SMILES string of the molecule is Cc1c(CN)ncnc1-c1ccc(Br)cc1. The van der Waals surface area contributed by atoms with Gasteiger partial charge in [0, 0.05) is 16.6 Å². The van der Waals surface area contributed by atoms with Crippen LogP contribution in [0.5, 0.6) is 0 Å². The van der Waals surface area contributed by atoms with E-state index < -0.39 is 0 Å². The van der Waals surface area contributed by atoms with Gasteiger partial charge in [-0.1, -0.05) is 28.1 Å². The first-order valence-electron chi connectivity index (χ1n) is 4.99. The Hall–Kier alpha value is -1.26. The second-order valence-electron chi connectivity index (χ2n) is 3.50. The van der Waals surface area contributed by atoms with Crippen molar-refractivity contribution >= 4 is 15.9 Å². The van der Waals surface area contributed by atoms with Crippen molar-refractivity contribution in [3.63, 3.8) is 0 Å². The van der Waals surface area contributed by atoms with Crippen molar-refractivity contribution in [1.82, 2.24) is 9.97 Å². The van der Waals surface area contributed by atoms with Gasteiger partial charge in [-0.25, -0.2) is 9.97 Å². The highest BCUT2D eigenvalue weighted by Gasteiger charge is 2.07. The Kier molecular flexibility index (Phi) is 3.31. The van der Waals surface area contributed by atoms with Crippen LogP contribution in [0.25, 0.3) is 11.3 Å². The first-order valence-corrected chi connectivity index (χ1v) is 5.78. The number of rotatable bonds is 2. The lowest BCUT2D eigenvalue weighted by molar-refractivity contribution is 0.943. The number of hydrogen-bond donors (Lipinski definition) is 1. The van der Waals surface area contributed by atoms with Crippen molar-refractivity contribution in [1.29, 1.82) is 0 Å². The number of nitrogens with two attached hydrogens (primary N) is 1. The molecule has 4 heteroatoms. The first kappa shape index (κ1) is 11.2. The van der Waals surface area contributed by atoms with Crippen LogP contribution in [0.4, 0.5) is 0 Å². The maximum absolute atomic E-state index is 5.62. The third-order valence-electron chi connectivity index (χ3n) is 2.50. The molecule has 0 saturated carbocycles. The molecule has 0 unspecified atom stereocenters. The summed E-state index contributed by atoms with van der Waals surface area (Å²) in [4.78, 5) is 8.46. The third kappa shape index (κ3) is 2.13. The molecule has 0 aliphatic carbocycles. The summed E-state index contributed by atoms with van der Waals surface area (Å²) >= 11 is 3.41. The van der Waals surface area contributed by atoms with Crippen molar-refractivity contribution in [3.8, 4) is 11.3 Å². The second kappa shape index (κ2) is 4.72. The van der Waals surface area contributed by atoms with Gasteiger partial charge in [-0.15, -0.1) is 0 Å². The van der Waals surface area contributed by atoms with Crippen LogP contribution in [0.2, 0.25) is 0 Å². The van der Waals surface area contributed by atoms with E-state index in [9.17, 15) is 0 Å². The zero-order chi connectivity index (χ0) is 11.5. The summed E-state index contributed by atoms with van der Waals surface area (Å²) in [6, 6.07) is 8.05. The van der Waals surface area contributed by atoms with Crippen LogP contribution < -0.4 is 5.73 Å². The fraction of sp³-hybridized carbons (Fsp3) is 0.167. The lowest BCUT2D eigenvalue weighted by Crippen LogP contribution is -2.04. The number of hydrogen-bond acceptors (Lipinski definition) is 3. The van der Waals surface area contributed by atoms with Gasteiger partial charge in [-0.3, -0.25) is 0 Å². The summed E-state index contributed by atoms with van der Waals surface area (Å²) in [5, 5.41) is 0. The Morgan fingerprint density at radius 2 is 1.88 bits per heavy atom. The van der Waals surface area contributed by atoms with Crippen LogP contribution in [-0.2, 0) is 6.54 Å². The Morgan fingerprint density at radius 1 is 1.19 bits per heavy atom. The van der Waals surface area contributed by atoms with Gasteiger partial charge in [0.15, 0.2) is 0 Å². The molecule has 2 rings (SSSR count). The van der Waals surface area contributed by atoms with E-state index in [4.69, 9.17) is 5.73 Å². The smallest absolute Gasteiger partial charge is 0.116 e. The van der Waals surface area contributed by atoms with Crippen LogP contribution in [0.1, 0.15) is 11.3 Å². The normalized spacial score (nSPS) is 10.4. The van der Waals surface area contributed by atoms with E-state index in [-0.39, 0.29) is 0 Å². The van der Waals surface area contributed by atoms with Gasteiger partial charge in [-0.05, 0) is 24.6 Å². The lowest BCUT2D eigenvalue weighted by Gasteiger charge is -2.07. The largest absolute Gasteiger partial charge is 0.325 e. The van der Waals surface area contributed by atoms with E-state index in [1.54, 1.807) is 6.33 Å². The fourth-order valence-corrected chi connectivity index (χ4v) is 1.86.